The predicted octanol–water partition coefficient (Wildman–Crippen LogP) is 6.10. The van der Waals surface area contributed by atoms with Gasteiger partial charge in [0.1, 0.15) is 5.78 Å². The van der Waals surface area contributed by atoms with E-state index >= 15 is 0 Å². The fourth-order valence-electron chi connectivity index (χ4n) is 4.54. The minimum absolute atomic E-state index is 0. The molecule has 3 aromatic carbocycles. The molecule has 2 fully saturated rings. The number of para-hydroxylation sites is 2. The highest BCUT2D eigenvalue weighted by Crippen LogP contribution is 2.46. The number of carbonyl (C=O) groups is 2. The second-order valence-corrected chi connectivity index (χ2v) is 10.1. The van der Waals surface area contributed by atoms with Crippen molar-refractivity contribution in [1.82, 2.24) is 4.90 Å². The van der Waals surface area contributed by atoms with Gasteiger partial charge in [0.15, 0.2) is 11.5 Å². The Morgan fingerprint density at radius 2 is 1.53 bits per heavy atom. The molecule has 1 saturated carbocycles. The van der Waals surface area contributed by atoms with E-state index in [0.717, 1.165) is 41.0 Å². The number of ether oxygens (including phenoxy) is 3. The van der Waals surface area contributed by atoms with Crippen LogP contribution in [0.25, 0.3) is 11.1 Å². The molecule has 2 heterocycles. The molecule has 0 atom stereocenters. The lowest BCUT2D eigenvalue weighted by molar-refractivity contribution is -0.122. The number of hydrogen-bond donors (Lipinski definition) is 0. The molecular formula is C32H37NO5. The lowest BCUT2D eigenvalue weighted by atomic mass is 9.92. The van der Waals surface area contributed by atoms with E-state index in [9.17, 15) is 9.59 Å². The summed E-state index contributed by atoms with van der Waals surface area (Å²) >= 11 is 0. The molecule has 2 aliphatic heterocycles. The van der Waals surface area contributed by atoms with Gasteiger partial charge in [0.05, 0.1) is 13.2 Å². The maximum atomic E-state index is 12.6. The Morgan fingerprint density at radius 3 is 2.13 bits per heavy atom. The topological polar surface area (TPSA) is 65.1 Å². The number of ketones is 1. The van der Waals surface area contributed by atoms with Gasteiger partial charge in [-0.2, -0.15) is 0 Å². The Labute approximate surface area is 225 Å². The first kappa shape index (κ1) is 27.4. The third-order valence-electron chi connectivity index (χ3n) is 7.36. The molecule has 3 aliphatic rings. The predicted molar refractivity (Wildman–Crippen MR) is 149 cm³/mol. The fourth-order valence-corrected chi connectivity index (χ4v) is 4.54. The van der Waals surface area contributed by atoms with Gasteiger partial charge >= 0.3 is 0 Å². The molecule has 6 heteroatoms. The van der Waals surface area contributed by atoms with Gasteiger partial charge in [-0.1, -0.05) is 56.8 Å². The second-order valence-electron chi connectivity index (χ2n) is 10.1. The summed E-state index contributed by atoms with van der Waals surface area (Å²) in [5, 5.41) is 0. The Hall–Kier alpha value is -3.64. The van der Waals surface area contributed by atoms with Gasteiger partial charge in [-0.05, 0) is 66.3 Å². The van der Waals surface area contributed by atoms with Crippen LogP contribution in [0.3, 0.4) is 0 Å². The van der Waals surface area contributed by atoms with Crippen LogP contribution < -0.4 is 9.47 Å². The monoisotopic (exact) mass is 515 g/mol. The van der Waals surface area contributed by atoms with Crippen LogP contribution in [-0.4, -0.2) is 49.7 Å². The lowest BCUT2D eigenvalue weighted by Crippen LogP contribution is -2.40. The lowest BCUT2D eigenvalue weighted by Gasteiger charge is -2.26. The molecule has 0 spiro atoms. The molecule has 1 saturated heterocycles. The maximum absolute atomic E-state index is 12.6. The normalized spacial score (nSPS) is 16.5. The molecule has 0 unspecified atom stereocenters. The van der Waals surface area contributed by atoms with Crippen LogP contribution >= 0.6 is 0 Å². The van der Waals surface area contributed by atoms with E-state index < -0.39 is 0 Å². The summed E-state index contributed by atoms with van der Waals surface area (Å²) in [5.74, 6) is 2.09. The molecule has 0 bridgehead atoms. The summed E-state index contributed by atoms with van der Waals surface area (Å²) in [6.45, 7) is 7.01. The number of hydrogen-bond acceptors (Lipinski definition) is 5. The van der Waals surface area contributed by atoms with Gasteiger partial charge in [-0.25, -0.2) is 0 Å². The minimum Gasteiger partial charge on any atom is -0.454 e. The van der Waals surface area contributed by atoms with E-state index in [1.807, 2.05) is 53.4 Å². The first-order valence-corrected chi connectivity index (χ1v) is 12.9. The quantitative estimate of drug-likeness (QED) is 0.411. The van der Waals surface area contributed by atoms with Gasteiger partial charge in [-0.15, -0.1) is 0 Å². The average molecular weight is 516 g/mol. The smallest absolute Gasteiger partial charge is 0.254 e. The van der Waals surface area contributed by atoms with Gasteiger partial charge < -0.3 is 19.1 Å². The Morgan fingerprint density at radius 1 is 0.895 bits per heavy atom. The van der Waals surface area contributed by atoms with E-state index in [1.165, 1.54) is 5.56 Å². The molecule has 6 nitrogen and oxygen atoms in total. The Kier molecular flexibility index (Phi) is 8.52. The molecular weight excluding hydrogens is 478 g/mol. The highest BCUT2D eigenvalue weighted by Gasteiger charge is 2.43. The van der Waals surface area contributed by atoms with Crippen molar-refractivity contribution in [2.45, 2.75) is 40.5 Å². The Balaban J connectivity index is 0.000000282. The van der Waals surface area contributed by atoms with Crippen molar-refractivity contribution in [3.8, 4) is 22.6 Å². The molecule has 6 rings (SSSR count). The number of carbonyl (C=O) groups excluding carboxylic acids is 2. The Bertz CT molecular complexity index is 1250. The number of Topliss-reactive ketones (excluding diaryl/α,β-unsaturated/α-hetero) is 1. The van der Waals surface area contributed by atoms with Crippen LogP contribution in [-0.2, 0) is 16.0 Å². The van der Waals surface area contributed by atoms with Crippen molar-refractivity contribution in [3.63, 3.8) is 0 Å². The van der Waals surface area contributed by atoms with E-state index in [4.69, 9.17) is 14.2 Å². The van der Waals surface area contributed by atoms with Crippen molar-refractivity contribution < 1.29 is 23.8 Å². The average Bonchev–Trinajstić information content (AvgIpc) is 3.51. The van der Waals surface area contributed by atoms with Crippen molar-refractivity contribution >= 4 is 11.7 Å². The van der Waals surface area contributed by atoms with Crippen LogP contribution in [0.15, 0.2) is 66.7 Å². The van der Waals surface area contributed by atoms with Crippen LogP contribution in [0.2, 0.25) is 0 Å². The first-order chi connectivity index (χ1) is 17.9. The van der Waals surface area contributed by atoms with Crippen molar-refractivity contribution in [3.05, 3.63) is 83.4 Å². The zero-order valence-corrected chi connectivity index (χ0v) is 21.5. The fraction of sp³-hybridized carbons (Fsp3) is 0.375. The third kappa shape index (κ3) is 6.25. The standard InChI is InChI=1S/C24H27NO3.C7H6O2.CH4/c1-17-3-4-18(16-22(26)24(2)9-10-24)15-21(17)19-5-7-20(8-6-19)23(27)25-11-13-28-14-12-25;1-2-4-7-6(3-1)8-5-9-7;/h3-8,15H,9-14,16H2,1-2H3;1-4H,5H2;1H4. The molecule has 3 aromatic rings. The van der Waals surface area contributed by atoms with E-state index in [2.05, 4.69) is 32.0 Å². The van der Waals surface area contributed by atoms with Crippen LogP contribution in [0.4, 0.5) is 0 Å². The summed E-state index contributed by atoms with van der Waals surface area (Å²) in [6, 6.07) is 21.7. The van der Waals surface area contributed by atoms with Crippen molar-refractivity contribution in [2.75, 3.05) is 33.1 Å². The van der Waals surface area contributed by atoms with Crippen LogP contribution in [0.5, 0.6) is 11.5 Å². The molecule has 1 amide bonds. The minimum atomic E-state index is -0.0907. The summed E-state index contributed by atoms with van der Waals surface area (Å²) in [7, 11) is 0. The number of nitrogens with zero attached hydrogens (tertiary/aromatic N) is 1. The number of amides is 1. The molecule has 200 valence electrons. The molecule has 1 aliphatic carbocycles. The zero-order chi connectivity index (χ0) is 25.8. The maximum Gasteiger partial charge on any atom is 0.254 e. The van der Waals surface area contributed by atoms with Gasteiger partial charge in [0, 0.05) is 30.5 Å². The number of aryl methyl sites for hydroxylation is 1. The van der Waals surface area contributed by atoms with Crippen molar-refractivity contribution in [2.24, 2.45) is 5.41 Å². The SMILES string of the molecule is C.Cc1ccc(CC(=O)C2(C)CC2)cc1-c1ccc(C(=O)N2CCOCC2)cc1.c1ccc2c(c1)OCO2. The number of benzene rings is 3. The number of fused-ring (bicyclic) bond motifs is 1. The van der Waals surface area contributed by atoms with Crippen LogP contribution in [0.1, 0.15) is 48.7 Å². The molecule has 38 heavy (non-hydrogen) atoms. The number of morpholine rings is 1. The molecule has 0 radical (unpaired) electrons. The third-order valence-corrected chi connectivity index (χ3v) is 7.36. The molecule has 0 aromatic heterocycles. The highest BCUT2D eigenvalue weighted by atomic mass is 16.7. The number of rotatable bonds is 5. The van der Waals surface area contributed by atoms with Gasteiger partial charge in [0.2, 0.25) is 6.79 Å². The summed E-state index contributed by atoms with van der Waals surface area (Å²) in [5.41, 5.74) is 5.04. The largest absolute Gasteiger partial charge is 0.454 e. The molecule has 0 N–H and O–H groups in total. The first-order valence-electron chi connectivity index (χ1n) is 12.9. The van der Waals surface area contributed by atoms with Gasteiger partial charge in [0.25, 0.3) is 5.91 Å². The highest BCUT2D eigenvalue weighted by molar-refractivity contribution is 5.95. The van der Waals surface area contributed by atoms with E-state index in [0.29, 0.717) is 50.9 Å². The van der Waals surface area contributed by atoms with E-state index in [-0.39, 0.29) is 18.7 Å². The van der Waals surface area contributed by atoms with Crippen LogP contribution in [0, 0.1) is 12.3 Å². The summed E-state index contributed by atoms with van der Waals surface area (Å²) < 4.78 is 15.5. The van der Waals surface area contributed by atoms with Crippen molar-refractivity contribution in [1.29, 1.82) is 0 Å². The van der Waals surface area contributed by atoms with E-state index in [1.54, 1.807) is 0 Å². The summed E-state index contributed by atoms with van der Waals surface area (Å²) in [6.07, 6.45) is 2.53. The zero-order valence-electron chi connectivity index (χ0n) is 21.5. The second kappa shape index (κ2) is 11.8. The van der Waals surface area contributed by atoms with Gasteiger partial charge in [-0.3, -0.25) is 9.59 Å². The summed E-state index contributed by atoms with van der Waals surface area (Å²) in [4.78, 5) is 26.9.